The van der Waals surface area contributed by atoms with Crippen LogP contribution >= 0.6 is 0 Å². The summed E-state index contributed by atoms with van der Waals surface area (Å²) >= 11 is 0. The second-order valence-corrected chi connectivity index (χ2v) is 20.3. The van der Waals surface area contributed by atoms with Gasteiger partial charge in [0.25, 0.3) is 0 Å². The van der Waals surface area contributed by atoms with Gasteiger partial charge >= 0.3 is 11.9 Å². The van der Waals surface area contributed by atoms with E-state index in [0.29, 0.717) is 24.3 Å². The molecule has 0 amide bonds. The molecule has 0 radical (unpaired) electrons. The van der Waals surface area contributed by atoms with Crippen LogP contribution < -0.4 is 0 Å². The minimum atomic E-state index is -0.314. The number of carbonyl (C=O) groups is 2. The van der Waals surface area contributed by atoms with Gasteiger partial charge in [-0.2, -0.15) is 0 Å². The molecule has 0 aromatic heterocycles. The molecule has 0 bridgehead atoms. The number of rotatable bonds is 52. The van der Waals surface area contributed by atoms with Gasteiger partial charge in [0.15, 0.2) is 0 Å². The maximum atomic E-state index is 12.9. The monoisotopic (exact) mass is 925 g/mol. The molecule has 0 saturated heterocycles. The van der Waals surface area contributed by atoms with Gasteiger partial charge in [0.1, 0.15) is 0 Å². The SMILES string of the molecule is CCCCCCCCCCCN(CCCCCCCCCCC)CCCCOC(=O)c1ccc(C(=O)OCCCCN(CCCCCCCCCCC)CCCCCCCCCCC)cc1. The minimum absolute atomic E-state index is 0.314. The molecule has 0 saturated carbocycles. The molecule has 0 aliphatic carbocycles. The van der Waals surface area contributed by atoms with Crippen molar-refractivity contribution in [2.45, 2.75) is 285 Å². The van der Waals surface area contributed by atoms with Gasteiger partial charge in [-0.3, -0.25) is 0 Å². The van der Waals surface area contributed by atoms with Gasteiger partial charge in [-0.15, -0.1) is 0 Å². The third-order valence-corrected chi connectivity index (χ3v) is 13.9. The van der Waals surface area contributed by atoms with Crippen molar-refractivity contribution in [3.8, 4) is 0 Å². The van der Waals surface area contributed by atoms with E-state index < -0.39 is 0 Å². The normalized spacial score (nSPS) is 11.6. The predicted molar refractivity (Wildman–Crippen MR) is 287 cm³/mol. The van der Waals surface area contributed by atoms with Crippen molar-refractivity contribution in [3.05, 3.63) is 35.4 Å². The molecular formula is C60H112N2O4. The van der Waals surface area contributed by atoms with Gasteiger partial charge in [0.05, 0.1) is 24.3 Å². The summed E-state index contributed by atoms with van der Waals surface area (Å²) in [5, 5.41) is 0. The number of hydrogen-bond acceptors (Lipinski definition) is 6. The zero-order valence-corrected chi connectivity index (χ0v) is 44.8. The summed E-state index contributed by atoms with van der Waals surface area (Å²) in [7, 11) is 0. The minimum Gasteiger partial charge on any atom is -0.462 e. The lowest BCUT2D eigenvalue weighted by atomic mass is 10.1. The Hall–Kier alpha value is -1.92. The lowest BCUT2D eigenvalue weighted by molar-refractivity contribution is 0.0480. The Bertz CT molecular complexity index is 1020. The molecule has 0 unspecified atom stereocenters. The lowest BCUT2D eigenvalue weighted by Crippen LogP contribution is -2.27. The van der Waals surface area contributed by atoms with E-state index >= 15 is 0 Å². The first-order valence-electron chi connectivity index (χ1n) is 29.4. The molecule has 0 N–H and O–H groups in total. The summed E-state index contributed by atoms with van der Waals surface area (Å²) in [5.41, 5.74) is 0.978. The first kappa shape index (κ1) is 62.1. The number of ether oxygens (including phenoxy) is 2. The van der Waals surface area contributed by atoms with Crippen LogP contribution in [0.15, 0.2) is 24.3 Å². The van der Waals surface area contributed by atoms with Crippen LogP contribution in [0.5, 0.6) is 0 Å². The lowest BCUT2D eigenvalue weighted by Gasteiger charge is -2.22. The Kier molecular flexibility index (Phi) is 46.6. The largest absolute Gasteiger partial charge is 0.462 e. The molecule has 0 heterocycles. The molecule has 1 aromatic rings. The number of hydrogen-bond donors (Lipinski definition) is 0. The van der Waals surface area contributed by atoms with Crippen molar-refractivity contribution >= 4 is 11.9 Å². The van der Waals surface area contributed by atoms with Gasteiger partial charge in [-0.25, -0.2) is 9.59 Å². The van der Waals surface area contributed by atoms with Crippen molar-refractivity contribution in [3.63, 3.8) is 0 Å². The number of nitrogens with zero attached hydrogens (tertiary/aromatic N) is 2. The van der Waals surface area contributed by atoms with Crippen LogP contribution in [-0.2, 0) is 9.47 Å². The number of unbranched alkanes of at least 4 members (excludes halogenated alkanes) is 34. The fraction of sp³-hybridized carbons (Fsp3) is 0.867. The highest BCUT2D eigenvalue weighted by molar-refractivity contribution is 5.93. The Morgan fingerprint density at radius 3 is 0.682 bits per heavy atom. The molecule has 6 heteroatoms. The average Bonchev–Trinajstić information content (AvgIpc) is 3.33. The molecule has 66 heavy (non-hydrogen) atoms. The van der Waals surface area contributed by atoms with Gasteiger partial charge in [0.2, 0.25) is 0 Å². The third kappa shape index (κ3) is 40.0. The second-order valence-electron chi connectivity index (χ2n) is 20.3. The number of benzene rings is 1. The molecular weight excluding hydrogens is 813 g/mol. The highest BCUT2D eigenvalue weighted by atomic mass is 16.5. The van der Waals surface area contributed by atoms with E-state index in [4.69, 9.17) is 9.47 Å². The zero-order chi connectivity index (χ0) is 47.6. The van der Waals surface area contributed by atoms with Crippen LogP contribution in [0.2, 0.25) is 0 Å². The predicted octanol–water partition coefficient (Wildman–Crippen LogP) is 18.3. The standard InChI is InChI=1S/C60H112N2O4/c1-5-9-13-17-21-25-29-33-37-49-61(50-38-34-30-26-22-18-14-10-6-2)53-41-43-55-65-59(63)57-45-47-58(48-46-57)60(64)66-56-44-42-54-62(51-39-35-31-27-23-19-15-11-7-3)52-40-36-32-28-24-20-16-12-8-4/h45-48H,5-44,49-56H2,1-4H3. The Balaban J connectivity index is 2.40. The van der Waals surface area contributed by atoms with Crippen molar-refractivity contribution < 1.29 is 19.1 Å². The average molecular weight is 926 g/mol. The van der Waals surface area contributed by atoms with Crippen LogP contribution in [0.1, 0.15) is 305 Å². The van der Waals surface area contributed by atoms with Gasteiger partial charge < -0.3 is 19.3 Å². The van der Waals surface area contributed by atoms with E-state index in [0.717, 1.165) is 38.8 Å². The van der Waals surface area contributed by atoms with Crippen molar-refractivity contribution in [1.82, 2.24) is 9.80 Å². The molecule has 0 spiro atoms. The molecule has 386 valence electrons. The quantitative estimate of drug-likeness (QED) is 0.0479. The first-order chi connectivity index (χ1) is 32.5. The van der Waals surface area contributed by atoms with Crippen LogP contribution in [0.25, 0.3) is 0 Å². The van der Waals surface area contributed by atoms with Crippen molar-refractivity contribution in [1.29, 1.82) is 0 Å². The highest BCUT2D eigenvalue weighted by Crippen LogP contribution is 2.16. The van der Waals surface area contributed by atoms with Crippen LogP contribution in [0, 0.1) is 0 Å². The number of carbonyl (C=O) groups excluding carboxylic acids is 2. The van der Waals surface area contributed by atoms with Gasteiger partial charge in [-0.05, 0) is 115 Å². The molecule has 0 aliphatic heterocycles. The highest BCUT2D eigenvalue weighted by Gasteiger charge is 2.13. The summed E-state index contributed by atoms with van der Waals surface area (Å²) < 4.78 is 11.4. The second kappa shape index (κ2) is 49.5. The summed E-state index contributed by atoms with van der Waals surface area (Å²) in [6.45, 7) is 17.0. The van der Waals surface area contributed by atoms with E-state index in [9.17, 15) is 9.59 Å². The summed E-state index contributed by atoms with van der Waals surface area (Å²) in [6.07, 6.45) is 53.1. The molecule has 1 aromatic carbocycles. The summed E-state index contributed by atoms with van der Waals surface area (Å²) in [6, 6.07) is 6.81. The first-order valence-corrected chi connectivity index (χ1v) is 29.4. The molecule has 0 atom stereocenters. The fourth-order valence-corrected chi connectivity index (χ4v) is 9.37. The Labute approximate surface area is 411 Å². The van der Waals surface area contributed by atoms with E-state index in [1.54, 1.807) is 24.3 Å². The summed E-state index contributed by atoms with van der Waals surface area (Å²) in [5.74, 6) is -0.629. The number of esters is 2. The van der Waals surface area contributed by atoms with E-state index in [-0.39, 0.29) is 11.9 Å². The maximum Gasteiger partial charge on any atom is 0.338 e. The van der Waals surface area contributed by atoms with Crippen LogP contribution in [-0.4, -0.2) is 74.2 Å². The zero-order valence-electron chi connectivity index (χ0n) is 44.8. The van der Waals surface area contributed by atoms with E-state index in [2.05, 4.69) is 37.5 Å². The van der Waals surface area contributed by atoms with Crippen molar-refractivity contribution in [2.75, 3.05) is 52.5 Å². The fourth-order valence-electron chi connectivity index (χ4n) is 9.37. The Morgan fingerprint density at radius 1 is 0.288 bits per heavy atom. The van der Waals surface area contributed by atoms with Crippen molar-refractivity contribution in [2.24, 2.45) is 0 Å². The summed E-state index contributed by atoms with van der Waals surface area (Å²) in [4.78, 5) is 31.1. The van der Waals surface area contributed by atoms with Gasteiger partial charge in [0, 0.05) is 0 Å². The Morgan fingerprint density at radius 2 is 0.470 bits per heavy atom. The third-order valence-electron chi connectivity index (χ3n) is 13.9. The maximum absolute atomic E-state index is 12.9. The van der Waals surface area contributed by atoms with Crippen LogP contribution in [0.3, 0.4) is 0 Å². The van der Waals surface area contributed by atoms with Crippen LogP contribution in [0.4, 0.5) is 0 Å². The van der Waals surface area contributed by atoms with Gasteiger partial charge in [-0.1, -0.05) is 233 Å². The topological polar surface area (TPSA) is 59.1 Å². The molecule has 0 fully saturated rings. The molecule has 0 aliphatic rings. The van der Waals surface area contributed by atoms with E-state index in [1.165, 1.54) is 257 Å². The van der Waals surface area contributed by atoms with E-state index in [1.807, 2.05) is 0 Å². The smallest absolute Gasteiger partial charge is 0.338 e. The molecule has 6 nitrogen and oxygen atoms in total. The molecule has 1 rings (SSSR count).